The molecule has 128 valence electrons. The first kappa shape index (κ1) is 17.5. The molecule has 1 heterocycles. The highest BCUT2D eigenvalue weighted by atomic mass is 35.5. The number of halogens is 1. The number of rotatable bonds is 5. The third-order valence-corrected chi connectivity index (χ3v) is 6.83. The van der Waals surface area contributed by atoms with Gasteiger partial charge in [-0.05, 0) is 35.7 Å². The molecule has 0 N–H and O–H groups in total. The molecule has 2 aromatic rings. The van der Waals surface area contributed by atoms with E-state index < -0.39 is 8.07 Å². The van der Waals surface area contributed by atoms with Crippen LogP contribution in [0, 0.1) is 0 Å². The van der Waals surface area contributed by atoms with Gasteiger partial charge in [-0.25, -0.2) is 0 Å². The van der Waals surface area contributed by atoms with E-state index in [0.29, 0.717) is 6.61 Å². The second-order valence-electron chi connectivity index (χ2n) is 7.48. The lowest BCUT2D eigenvalue weighted by Crippen LogP contribution is -2.37. The van der Waals surface area contributed by atoms with Gasteiger partial charge in [-0.1, -0.05) is 60.7 Å². The maximum atomic E-state index is 6.42. The van der Waals surface area contributed by atoms with E-state index in [1.807, 2.05) is 18.2 Å². The normalized spacial score (nSPS) is 17.9. The maximum Gasteiger partial charge on any atom is 0.124 e. The lowest BCUT2D eigenvalue weighted by atomic mass is 10.0. The third-order valence-electron chi connectivity index (χ3n) is 4.42. The second-order valence-corrected chi connectivity index (χ2v) is 13.0. The van der Waals surface area contributed by atoms with E-state index in [4.69, 9.17) is 21.1 Å². The van der Waals surface area contributed by atoms with Gasteiger partial charge in [-0.2, -0.15) is 0 Å². The predicted molar refractivity (Wildman–Crippen MR) is 104 cm³/mol. The smallest absolute Gasteiger partial charge is 0.124 e. The molecule has 0 aromatic heterocycles. The monoisotopic (exact) mass is 360 g/mol. The molecule has 0 amide bonds. The fourth-order valence-electron chi connectivity index (χ4n) is 2.88. The summed E-state index contributed by atoms with van der Waals surface area (Å²) in [7, 11) is -1.33. The van der Waals surface area contributed by atoms with E-state index >= 15 is 0 Å². The minimum Gasteiger partial charge on any atom is -0.488 e. The molecule has 1 fully saturated rings. The van der Waals surface area contributed by atoms with Crippen LogP contribution < -0.4 is 9.92 Å². The van der Waals surface area contributed by atoms with Crippen molar-refractivity contribution in [3.8, 4) is 5.75 Å². The molecule has 0 saturated carbocycles. The predicted octanol–water partition coefficient (Wildman–Crippen LogP) is 4.64. The minimum atomic E-state index is -1.33. The number of ether oxygens (including phenoxy) is 2. The molecule has 1 aliphatic rings. The summed E-state index contributed by atoms with van der Waals surface area (Å²) >= 11 is 6.42. The highest BCUT2D eigenvalue weighted by molar-refractivity contribution is 6.88. The van der Waals surface area contributed by atoms with Crippen molar-refractivity contribution in [2.75, 3.05) is 13.2 Å². The average Bonchev–Trinajstić information content (AvgIpc) is 3.03. The number of benzene rings is 2. The van der Waals surface area contributed by atoms with E-state index in [1.165, 1.54) is 16.3 Å². The van der Waals surface area contributed by atoms with E-state index in [2.05, 4.69) is 43.9 Å². The summed E-state index contributed by atoms with van der Waals surface area (Å²) in [5.41, 5.74) is 2.45. The van der Waals surface area contributed by atoms with Gasteiger partial charge in [0.15, 0.2) is 0 Å². The van der Waals surface area contributed by atoms with Gasteiger partial charge in [0.2, 0.25) is 0 Å². The zero-order valence-electron chi connectivity index (χ0n) is 14.6. The summed E-state index contributed by atoms with van der Waals surface area (Å²) in [5, 5.41) is 2.29. The van der Waals surface area contributed by atoms with Crippen LogP contribution in [0.4, 0.5) is 0 Å². The molecule has 4 heteroatoms. The molecule has 0 unspecified atom stereocenters. The average molecular weight is 361 g/mol. The van der Waals surface area contributed by atoms with Gasteiger partial charge in [0.05, 0.1) is 21.3 Å². The Bertz CT molecular complexity index is 686. The van der Waals surface area contributed by atoms with Crippen molar-refractivity contribution < 1.29 is 9.47 Å². The molecule has 0 radical (unpaired) electrons. The van der Waals surface area contributed by atoms with Crippen LogP contribution >= 0.6 is 11.6 Å². The third kappa shape index (κ3) is 4.41. The number of hydrogen-bond donors (Lipinski definition) is 0. The van der Waals surface area contributed by atoms with Crippen LogP contribution in [0.2, 0.25) is 24.7 Å². The quantitative estimate of drug-likeness (QED) is 0.723. The summed E-state index contributed by atoms with van der Waals surface area (Å²) < 4.78 is 11.3. The second kappa shape index (κ2) is 7.30. The summed E-state index contributed by atoms with van der Waals surface area (Å²) in [6.07, 6.45) is 2.02. The van der Waals surface area contributed by atoms with Gasteiger partial charge in [0.1, 0.15) is 11.9 Å². The Kier molecular flexibility index (Phi) is 5.33. The zero-order chi connectivity index (χ0) is 17.2. The van der Waals surface area contributed by atoms with Gasteiger partial charge < -0.3 is 9.47 Å². The Morgan fingerprint density at radius 1 is 1.12 bits per heavy atom. The standard InChI is InChI=1S/C20H25ClO2Si/c1-24(2,3)19-8-9-20(21)16(13-19)12-15-4-6-17(7-5-15)23-18-10-11-22-14-18/h4-9,13,18H,10-12,14H2,1-3H3/t18-/m1/s1. The first-order valence-corrected chi connectivity index (χ1v) is 12.4. The first-order chi connectivity index (χ1) is 11.4. The first-order valence-electron chi connectivity index (χ1n) is 8.54. The van der Waals surface area contributed by atoms with Crippen molar-refractivity contribution >= 4 is 24.9 Å². The van der Waals surface area contributed by atoms with E-state index in [0.717, 1.165) is 30.2 Å². The van der Waals surface area contributed by atoms with Gasteiger partial charge in [-0.15, -0.1) is 0 Å². The molecular weight excluding hydrogens is 336 g/mol. The largest absolute Gasteiger partial charge is 0.488 e. The fourth-order valence-corrected chi connectivity index (χ4v) is 4.26. The summed E-state index contributed by atoms with van der Waals surface area (Å²) in [5.74, 6) is 0.913. The molecule has 1 saturated heterocycles. The summed E-state index contributed by atoms with van der Waals surface area (Å²) in [6, 6.07) is 14.9. The zero-order valence-corrected chi connectivity index (χ0v) is 16.4. The van der Waals surface area contributed by atoms with Gasteiger partial charge in [-0.3, -0.25) is 0 Å². The van der Waals surface area contributed by atoms with Crippen molar-refractivity contribution in [1.29, 1.82) is 0 Å². The fraction of sp³-hybridized carbons (Fsp3) is 0.400. The van der Waals surface area contributed by atoms with Crippen LogP contribution in [0.25, 0.3) is 0 Å². The molecular formula is C20H25ClO2Si. The lowest BCUT2D eigenvalue weighted by Gasteiger charge is -2.18. The van der Waals surface area contributed by atoms with E-state index in [1.54, 1.807) is 0 Å². The van der Waals surface area contributed by atoms with Crippen LogP contribution in [0.15, 0.2) is 42.5 Å². The van der Waals surface area contributed by atoms with Gasteiger partial charge >= 0.3 is 0 Å². The highest BCUT2D eigenvalue weighted by Gasteiger charge is 2.18. The van der Waals surface area contributed by atoms with Gasteiger partial charge in [0, 0.05) is 11.4 Å². The highest BCUT2D eigenvalue weighted by Crippen LogP contribution is 2.22. The molecule has 3 rings (SSSR count). The Morgan fingerprint density at radius 3 is 2.50 bits per heavy atom. The molecule has 0 aliphatic carbocycles. The molecule has 0 bridgehead atoms. The molecule has 24 heavy (non-hydrogen) atoms. The number of hydrogen-bond acceptors (Lipinski definition) is 2. The van der Waals surface area contributed by atoms with E-state index in [-0.39, 0.29) is 6.10 Å². The molecule has 2 nitrogen and oxygen atoms in total. The van der Waals surface area contributed by atoms with E-state index in [9.17, 15) is 0 Å². The Morgan fingerprint density at radius 2 is 1.88 bits per heavy atom. The Hall–Kier alpha value is -1.29. The van der Waals surface area contributed by atoms with Crippen molar-refractivity contribution in [2.45, 2.75) is 38.6 Å². The minimum absolute atomic E-state index is 0.193. The van der Waals surface area contributed by atoms with Gasteiger partial charge in [0.25, 0.3) is 0 Å². The van der Waals surface area contributed by atoms with Crippen LogP contribution in [-0.4, -0.2) is 27.4 Å². The molecule has 1 aliphatic heterocycles. The molecule has 0 spiro atoms. The van der Waals surface area contributed by atoms with Crippen LogP contribution in [0.1, 0.15) is 17.5 Å². The summed E-state index contributed by atoms with van der Waals surface area (Å²) in [4.78, 5) is 0. The van der Waals surface area contributed by atoms with Crippen molar-refractivity contribution in [2.24, 2.45) is 0 Å². The molecule has 1 atom stereocenters. The molecule has 2 aromatic carbocycles. The van der Waals surface area contributed by atoms with Crippen LogP contribution in [-0.2, 0) is 11.2 Å². The van der Waals surface area contributed by atoms with Crippen molar-refractivity contribution in [3.05, 3.63) is 58.6 Å². The summed E-state index contributed by atoms with van der Waals surface area (Å²) in [6.45, 7) is 8.58. The van der Waals surface area contributed by atoms with Crippen LogP contribution in [0.5, 0.6) is 5.75 Å². The Balaban J connectivity index is 1.71. The van der Waals surface area contributed by atoms with Crippen molar-refractivity contribution in [1.82, 2.24) is 0 Å². The van der Waals surface area contributed by atoms with Crippen molar-refractivity contribution in [3.63, 3.8) is 0 Å². The lowest BCUT2D eigenvalue weighted by molar-refractivity contribution is 0.141. The van der Waals surface area contributed by atoms with Crippen LogP contribution in [0.3, 0.4) is 0 Å². The SMILES string of the molecule is C[Si](C)(C)c1ccc(Cl)c(Cc2ccc(O[C@@H]3CCOC3)cc2)c1. The maximum absolute atomic E-state index is 6.42. The Labute approximate surface area is 150 Å². The topological polar surface area (TPSA) is 18.5 Å².